The summed E-state index contributed by atoms with van der Waals surface area (Å²) in [5.41, 5.74) is 3.29. The second-order valence-electron chi connectivity index (χ2n) is 6.98. The number of aromatic nitrogens is 4. The topological polar surface area (TPSA) is 108 Å². The highest BCUT2D eigenvalue weighted by Crippen LogP contribution is 2.22. The van der Waals surface area contributed by atoms with E-state index in [0.717, 1.165) is 0 Å². The van der Waals surface area contributed by atoms with Crippen molar-refractivity contribution in [1.29, 1.82) is 0 Å². The van der Waals surface area contributed by atoms with Crippen molar-refractivity contribution >= 4 is 17.4 Å². The van der Waals surface area contributed by atoms with Crippen molar-refractivity contribution in [2.45, 2.75) is 46.7 Å². The molecule has 1 amide bonds. The normalized spacial score (nSPS) is 10.9. The smallest absolute Gasteiger partial charge is 0.309 e. The summed E-state index contributed by atoms with van der Waals surface area (Å²) in [6, 6.07) is 9.86. The van der Waals surface area contributed by atoms with E-state index < -0.39 is 4.92 Å². The first kappa shape index (κ1) is 20.2. The predicted octanol–water partition coefficient (Wildman–Crippen LogP) is 3.38. The molecule has 0 saturated heterocycles. The molecule has 3 rings (SSSR count). The summed E-state index contributed by atoms with van der Waals surface area (Å²) in [5.74, 6) is 0.354. The Hall–Kier alpha value is -3.49. The van der Waals surface area contributed by atoms with Crippen LogP contribution in [0, 0.1) is 30.9 Å². The lowest BCUT2D eigenvalue weighted by molar-refractivity contribution is -0.386. The van der Waals surface area contributed by atoms with Crippen molar-refractivity contribution in [2.24, 2.45) is 0 Å². The number of amides is 1. The number of nitrogens with one attached hydrogen (secondary N) is 1. The van der Waals surface area contributed by atoms with Gasteiger partial charge < -0.3 is 5.32 Å². The molecule has 0 bridgehead atoms. The minimum absolute atomic E-state index is 0.0358. The first-order valence-electron chi connectivity index (χ1n) is 9.41. The zero-order valence-electron chi connectivity index (χ0n) is 16.8. The van der Waals surface area contributed by atoms with E-state index in [2.05, 4.69) is 34.6 Å². The summed E-state index contributed by atoms with van der Waals surface area (Å²) in [6.07, 6.45) is 2.63. The molecular formula is C20H24N6O3. The molecule has 1 N–H and O–H groups in total. The maximum atomic E-state index is 12.2. The third-order valence-electron chi connectivity index (χ3n) is 4.80. The molecule has 152 valence electrons. The van der Waals surface area contributed by atoms with Gasteiger partial charge in [-0.05, 0) is 38.3 Å². The molecule has 3 aromatic rings. The molecule has 0 atom stereocenters. The van der Waals surface area contributed by atoms with Gasteiger partial charge in [0.15, 0.2) is 5.82 Å². The summed E-state index contributed by atoms with van der Waals surface area (Å²) in [7, 11) is 0. The molecule has 0 fully saturated rings. The number of carbonyl (C=O) groups excluding carboxylic acids is 1. The molecule has 0 unspecified atom stereocenters. The van der Waals surface area contributed by atoms with Crippen molar-refractivity contribution < 1.29 is 9.72 Å². The first-order chi connectivity index (χ1) is 13.8. The lowest BCUT2D eigenvalue weighted by atomic mass is 10.1. The Morgan fingerprint density at radius 3 is 2.62 bits per heavy atom. The van der Waals surface area contributed by atoms with E-state index in [9.17, 15) is 14.9 Å². The number of hydrogen-bond acceptors (Lipinski definition) is 5. The van der Waals surface area contributed by atoms with Crippen molar-refractivity contribution in [1.82, 2.24) is 19.6 Å². The average Bonchev–Trinajstić information content (AvgIpc) is 3.20. The maximum absolute atomic E-state index is 12.2. The number of nitrogens with zero attached hydrogens (tertiary/aromatic N) is 5. The van der Waals surface area contributed by atoms with Crippen LogP contribution in [0.2, 0.25) is 0 Å². The molecule has 0 spiro atoms. The van der Waals surface area contributed by atoms with Gasteiger partial charge in [-0.1, -0.05) is 24.3 Å². The van der Waals surface area contributed by atoms with Crippen molar-refractivity contribution in [3.63, 3.8) is 0 Å². The van der Waals surface area contributed by atoms with Gasteiger partial charge in [-0.2, -0.15) is 10.2 Å². The second-order valence-corrected chi connectivity index (χ2v) is 6.98. The van der Waals surface area contributed by atoms with Crippen LogP contribution in [-0.4, -0.2) is 30.4 Å². The molecule has 0 aliphatic rings. The highest BCUT2D eigenvalue weighted by Gasteiger charge is 2.21. The van der Waals surface area contributed by atoms with Crippen molar-refractivity contribution in [2.75, 3.05) is 5.32 Å². The van der Waals surface area contributed by atoms with Gasteiger partial charge >= 0.3 is 5.69 Å². The number of nitro groups is 1. The standard InChI is InChI=1S/C20H24N6O3/c1-14-7-4-5-8-17(14)13-24-12-10-18(23-24)21-19(27)9-6-11-25-16(3)20(26(28)29)15(2)22-25/h4-5,7-8,10,12H,6,9,11,13H2,1-3H3,(H,21,23,27). The summed E-state index contributed by atoms with van der Waals surface area (Å²) >= 11 is 0. The number of carbonyl (C=O) groups is 1. The molecule has 0 saturated carbocycles. The highest BCUT2D eigenvalue weighted by atomic mass is 16.6. The van der Waals surface area contributed by atoms with E-state index in [0.29, 0.717) is 36.7 Å². The third-order valence-corrected chi connectivity index (χ3v) is 4.80. The third kappa shape index (κ3) is 4.87. The lowest BCUT2D eigenvalue weighted by Crippen LogP contribution is -2.14. The number of benzene rings is 1. The monoisotopic (exact) mass is 396 g/mol. The quantitative estimate of drug-likeness (QED) is 0.464. The van der Waals surface area contributed by atoms with Crippen molar-refractivity contribution in [3.8, 4) is 0 Å². The molecule has 0 aliphatic heterocycles. The summed E-state index contributed by atoms with van der Waals surface area (Å²) in [5, 5.41) is 22.4. The summed E-state index contributed by atoms with van der Waals surface area (Å²) in [6.45, 7) is 6.41. The lowest BCUT2D eigenvalue weighted by Gasteiger charge is -2.06. The van der Waals surface area contributed by atoms with Gasteiger partial charge in [0.25, 0.3) is 0 Å². The molecule has 9 nitrogen and oxygen atoms in total. The highest BCUT2D eigenvalue weighted by molar-refractivity contribution is 5.89. The van der Waals surface area contributed by atoms with Crippen LogP contribution in [0.3, 0.4) is 0 Å². The van der Waals surface area contributed by atoms with Crippen LogP contribution in [0.25, 0.3) is 0 Å². The van der Waals surface area contributed by atoms with Gasteiger partial charge in [-0.15, -0.1) is 0 Å². The maximum Gasteiger partial charge on any atom is 0.312 e. The number of aryl methyl sites for hydroxylation is 3. The first-order valence-corrected chi connectivity index (χ1v) is 9.41. The molecule has 2 aromatic heterocycles. The Morgan fingerprint density at radius 1 is 1.17 bits per heavy atom. The Balaban J connectivity index is 1.50. The van der Waals surface area contributed by atoms with Gasteiger partial charge in [0.2, 0.25) is 5.91 Å². The van der Waals surface area contributed by atoms with Gasteiger partial charge in [-0.3, -0.25) is 24.3 Å². The Morgan fingerprint density at radius 2 is 1.93 bits per heavy atom. The number of anilines is 1. The van der Waals surface area contributed by atoms with Crippen LogP contribution in [-0.2, 0) is 17.9 Å². The average molecular weight is 396 g/mol. The van der Waals surface area contributed by atoms with Crippen LogP contribution in [0.5, 0.6) is 0 Å². The number of hydrogen-bond donors (Lipinski definition) is 1. The molecule has 29 heavy (non-hydrogen) atoms. The summed E-state index contributed by atoms with van der Waals surface area (Å²) < 4.78 is 3.37. The fraction of sp³-hybridized carbons (Fsp3) is 0.350. The molecular weight excluding hydrogens is 372 g/mol. The van der Waals surface area contributed by atoms with Crippen LogP contribution in [0.1, 0.15) is 35.4 Å². The van der Waals surface area contributed by atoms with E-state index in [4.69, 9.17) is 0 Å². The van der Waals surface area contributed by atoms with Gasteiger partial charge in [-0.25, -0.2) is 0 Å². The van der Waals surface area contributed by atoms with Crippen LogP contribution in [0.4, 0.5) is 11.5 Å². The Bertz CT molecular complexity index is 1040. The molecule has 2 heterocycles. The fourth-order valence-corrected chi connectivity index (χ4v) is 3.24. The largest absolute Gasteiger partial charge is 0.312 e. The summed E-state index contributed by atoms with van der Waals surface area (Å²) in [4.78, 5) is 22.8. The molecule has 9 heteroatoms. The van der Waals surface area contributed by atoms with Crippen LogP contribution < -0.4 is 5.32 Å². The van der Waals surface area contributed by atoms with Crippen LogP contribution in [0.15, 0.2) is 36.5 Å². The minimum atomic E-state index is -0.422. The van der Waals surface area contributed by atoms with E-state index >= 15 is 0 Å². The number of rotatable bonds is 8. The zero-order chi connectivity index (χ0) is 21.0. The second kappa shape index (κ2) is 8.68. The fourth-order valence-electron chi connectivity index (χ4n) is 3.24. The van der Waals surface area contributed by atoms with Gasteiger partial charge in [0.05, 0.1) is 11.5 Å². The molecule has 1 aromatic carbocycles. The van der Waals surface area contributed by atoms with Crippen LogP contribution >= 0.6 is 0 Å². The van der Waals surface area contributed by atoms with E-state index in [1.54, 1.807) is 29.3 Å². The predicted molar refractivity (Wildman–Crippen MR) is 109 cm³/mol. The minimum Gasteiger partial charge on any atom is -0.309 e. The van der Waals surface area contributed by atoms with E-state index in [1.165, 1.54) is 11.1 Å². The SMILES string of the molecule is Cc1ccccc1Cn1ccc(NC(=O)CCCn2nc(C)c([N+](=O)[O-])c2C)n1. The van der Waals surface area contributed by atoms with Crippen molar-refractivity contribution in [3.05, 3.63) is 69.2 Å². The van der Waals surface area contributed by atoms with Gasteiger partial charge in [0, 0.05) is 25.2 Å². The van der Waals surface area contributed by atoms with E-state index in [1.807, 2.05) is 18.3 Å². The van der Waals surface area contributed by atoms with E-state index in [-0.39, 0.29) is 18.0 Å². The zero-order valence-corrected chi connectivity index (χ0v) is 16.8. The molecule has 0 radical (unpaired) electrons. The van der Waals surface area contributed by atoms with Gasteiger partial charge in [0.1, 0.15) is 11.4 Å². The Labute approximate surface area is 168 Å². The molecule has 0 aliphatic carbocycles. The Kier molecular flexibility index (Phi) is 6.06.